The van der Waals surface area contributed by atoms with Crippen LogP contribution in [0.3, 0.4) is 0 Å². The first-order valence-corrected chi connectivity index (χ1v) is 5.61. The van der Waals surface area contributed by atoms with E-state index in [0.29, 0.717) is 12.5 Å². The molecule has 0 atom stereocenters. The van der Waals surface area contributed by atoms with E-state index in [1.54, 1.807) is 0 Å². The van der Waals surface area contributed by atoms with Crippen molar-refractivity contribution in [2.75, 3.05) is 13.2 Å². The standard InChI is InChI=1S/C11H19N3O/c1-8(2)5-12-6-11-13-9-3-4-15-7-10(9)14-11/h8,12H,3-7H2,1-2H3,(H,13,14). The molecule has 4 nitrogen and oxygen atoms in total. The lowest BCUT2D eigenvalue weighted by molar-refractivity contribution is 0.107. The van der Waals surface area contributed by atoms with Crippen molar-refractivity contribution in [2.24, 2.45) is 5.92 Å². The zero-order valence-electron chi connectivity index (χ0n) is 9.47. The molecule has 84 valence electrons. The zero-order valence-corrected chi connectivity index (χ0v) is 9.47. The molecule has 2 rings (SSSR count). The van der Waals surface area contributed by atoms with Gasteiger partial charge in [0.2, 0.25) is 0 Å². The largest absolute Gasteiger partial charge is 0.375 e. The van der Waals surface area contributed by atoms with Gasteiger partial charge in [-0.3, -0.25) is 0 Å². The van der Waals surface area contributed by atoms with Gasteiger partial charge in [0.15, 0.2) is 0 Å². The molecule has 1 aromatic rings. The van der Waals surface area contributed by atoms with Crippen LogP contribution in [0.15, 0.2) is 0 Å². The molecular formula is C11H19N3O. The van der Waals surface area contributed by atoms with Crippen molar-refractivity contribution in [1.82, 2.24) is 15.3 Å². The van der Waals surface area contributed by atoms with Gasteiger partial charge in [0.1, 0.15) is 5.82 Å². The summed E-state index contributed by atoms with van der Waals surface area (Å²) in [4.78, 5) is 7.86. The summed E-state index contributed by atoms with van der Waals surface area (Å²) >= 11 is 0. The fraction of sp³-hybridized carbons (Fsp3) is 0.727. The van der Waals surface area contributed by atoms with Crippen molar-refractivity contribution < 1.29 is 4.74 Å². The van der Waals surface area contributed by atoms with Crippen molar-refractivity contribution in [3.8, 4) is 0 Å². The minimum Gasteiger partial charge on any atom is -0.375 e. The minimum absolute atomic E-state index is 0.679. The molecule has 0 aromatic carbocycles. The molecule has 0 aliphatic carbocycles. The molecule has 0 amide bonds. The van der Waals surface area contributed by atoms with Gasteiger partial charge in [-0.05, 0) is 12.5 Å². The average molecular weight is 209 g/mol. The molecule has 0 unspecified atom stereocenters. The molecule has 1 aliphatic heterocycles. The predicted molar refractivity (Wildman–Crippen MR) is 58.5 cm³/mol. The first-order chi connectivity index (χ1) is 7.25. The van der Waals surface area contributed by atoms with Crippen molar-refractivity contribution in [3.05, 3.63) is 17.2 Å². The molecule has 4 heteroatoms. The molecular weight excluding hydrogens is 190 g/mol. The van der Waals surface area contributed by atoms with Crippen LogP contribution in [0, 0.1) is 5.92 Å². The number of hydrogen-bond acceptors (Lipinski definition) is 3. The van der Waals surface area contributed by atoms with Gasteiger partial charge in [0, 0.05) is 6.42 Å². The summed E-state index contributed by atoms with van der Waals surface area (Å²) in [5.41, 5.74) is 2.34. The van der Waals surface area contributed by atoms with Gasteiger partial charge >= 0.3 is 0 Å². The van der Waals surface area contributed by atoms with Crippen molar-refractivity contribution >= 4 is 0 Å². The number of H-pyrrole nitrogens is 1. The van der Waals surface area contributed by atoms with Crippen LogP contribution in [0.2, 0.25) is 0 Å². The van der Waals surface area contributed by atoms with Gasteiger partial charge in [-0.15, -0.1) is 0 Å². The Hall–Kier alpha value is -0.870. The minimum atomic E-state index is 0.679. The van der Waals surface area contributed by atoms with Crippen LogP contribution in [0.25, 0.3) is 0 Å². The highest BCUT2D eigenvalue weighted by Crippen LogP contribution is 2.13. The summed E-state index contributed by atoms with van der Waals surface area (Å²) in [5.74, 6) is 1.71. The van der Waals surface area contributed by atoms with Gasteiger partial charge in [-0.25, -0.2) is 4.98 Å². The fourth-order valence-corrected chi connectivity index (χ4v) is 1.74. The molecule has 0 spiro atoms. The number of hydrogen-bond donors (Lipinski definition) is 2. The first-order valence-electron chi connectivity index (χ1n) is 5.61. The van der Waals surface area contributed by atoms with Crippen LogP contribution in [0.1, 0.15) is 31.1 Å². The molecule has 0 saturated heterocycles. The quantitative estimate of drug-likeness (QED) is 0.784. The third-order valence-corrected chi connectivity index (χ3v) is 2.49. The average Bonchev–Trinajstić information content (AvgIpc) is 2.59. The third-order valence-electron chi connectivity index (χ3n) is 2.49. The third kappa shape index (κ3) is 2.79. The van der Waals surface area contributed by atoms with Crippen LogP contribution in [0.4, 0.5) is 0 Å². The van der Waals surface area contributed by atoms with E-state index in [0.717, 1.165) is 37.6 Å². The lowest BCUT2D eigenvalue weighted by Gasteiger charge is -2.09. The molecule has 2 heterocycles. The van der Waals surface area contributed by atoms with E-state index in [9.17, 15) is 0 Å². The highest BCUT2D eigenvalue weighted by atomic mass is 16.5. The van der Waals surface area contributed by atoms with E-state index in [4.69, 9.17) is 4.74 Å². The molecule has 15 heavy (non-hydrogen) atoms. The summed E-state index contributed by atoms with van der Waals surface area (Å²) in [6.45, 7) is 7.75. The number of nitrogens with zero attached hydrogens (tertiary/aromatic N) is 1. The highest BCUT2D eigenvalue weighted by molar-refractivity contribution is 5.15. The number of imidazole rings is 1. The predicted octanol–water partition coefficient (Wildman–Crippen LogP) is 1.23. The Morgan fingerprint density at radius 3 is 3.13 bits per heavy atom. The van der Waals surface area contributed by atoms with Crippen LogP contribution in [-0.2, 0) is 24.3 Å². The summed E-state index contributed by atoms with van der Waals surface area (Å²) in [5, 5.41) is 3.38. The van der Waals surface area contributed by atoms with Crippen molar-refractivity contribution in [2.45, 2.75) is 33.4 Å². The van der Waals surface area contributed by atoms with Crippen LogP contribution >= 0.6 is 0 Å². The highest BCUT2D eigenvalue weighted by Gasteiger charge is 2.14. The molecule has 0 bridgehead atoms. The van der Waals surface area contributed by atoms with E-state index in [1.165, 1.54) is 5.69 Å². The Bertz CT molecular complexity index is 296. The smallest absolute Gasteiger partial charge is 0.120 e. The number of nitrogens with one attached hydrogen (secondary N) is 2. The normalized spacial score (nSPS) is 15.7. The van der Waals surface area contributed by atoms with E-state index >= 15 is 0 Å². The second kappa shape index (κ2) is 4.77. The summed E-state index contributed by atoms with van der Waals surface area (Å²) < 4.78 is 5.36. The fourth-order valence-electron chi connectivity index (χ4n) is 1.74. The lowest BCUT2D eigenvalue weighted by Crippen LogP contribution is -2.19. The molecule has 0 radical (unpaired) electrons. The maximum Gasteiger partial charge on any atom is 0.120 e. The van der Waals surface area contributed by atoms with E-state index < -0.39 is 0 Å². The molecule has 0 saturated carbocycles. The zero-order chi connectivity index (χ0) is 10.7. The van der Waals surface area contributed by atoms with Gasteiger partial charge in [0.25, 0.3) is 0 Å². The number of ether oxygens (including phenoxy) is 1. The Kier molecular flexibility index (Phi) is 3.38. The van der Waals surface area contributed by atoms with Crippen molar-refractivity contribution in [3.63, 3.8) is 0 Å². The topological polar surface area (TPSA) is 49.9 Å². The monoisotopic (exact) mass is 209 g/mol. The van der Waals surface area contributed by atoms with Crippen LogP contribution in [-0.4, -0.2) is 23.1 Å². The summed E-state index contributed by atoms with van der Waals surface area (Å²) in [6.07, 6.45) is 0.940. The lowest BCUT2D eigenvalue weighted by atomic mass is 10.2. The Morgan fingerprint density at radius 2 is 2.40 bits per heavy atom. The van der Waals surface area contributed by atoms with Gasteiger partial charge in [-0.1, -0.05) is 13.8 Å². The second-order valence-electron chi connectivity index (χ2n) is 4.44. The van der Waals surface area contributed by atoms with Crippen molar-refractivity contribution in [1.29, 1.82) is 0 Å². The maximum absolute atomic E-state index is 5.36. The number of aromatic nitrogens is 2. The summed E-state index contributed by atoms with van der Waals surface area (Å²) in [6, 6.07) is 0. The second-order valence-corrected chi connectivity index (χ2v) is 4.44. The van der Waals surface area contributed by atoms with E-state index in [2.05, 4.69) is 29.1 Å². The van der Waals surface area contributed by atoms with Crippen LogP contribution in [0.5, 0.6) is 0 Å². The number of fused-ring (bicyclic) bond motifs is 1. The maximum atomic E-state index is 5.36. The first kappa shape index (κ1) is 10.6. The molecule has 1 aromatic heterocycles. The Balaban J connectivity index is 1.89. The number of rotatable bonds is 4. The molecule has 2 N–H and O–H groups in total. The SMILES string of the molecule is CC(C)CNCc1nc2c([nH]1)COCC2. The Labute approximate surface area is 90.4 Å². The molecule has 1 aliphatic rings. The van der Waals surface area contributed by atoms with Crippen LogP contribution < -0.4 is 5.32 Å². The van der Waals surface area contributed by atoms with E-state index in [-0.39, 0.29) is 0 Å². The van der Waals surface area contributed by atoms with E-state index in [1.807, 2.05) is 0 Å². The van der Waals surface area contributed by atoms with Gasteiger partial charge < -0.3 is 15.0 Å². The number of aromatic amines is 1. The molecule has 0 fully saturated rings. The Morgan fingerprint density at radius 1 is 1.53 bits per heavy atom. The van der Waals surface area contributed by atoms with Gasteiger partial charge in [0.05, 0.1) is 31.1 Å². The van der Waals surface area contributed by atoms with Gasteiger partial charge in [-0.2, -0.15) is 0 Å². The summed E-state index contributed by atoms with van der Waals surface area (Å²) in [7, 11) is 0.